The van der Waals surface area contributed by atoms with Crippen molar-refractivity contribution >= 4 is 12.3 Å². The zero-order chi connectivity index (χ0) is 13.3. The molecule has 0 spiro atoms. The normalized spacial score (nSPS) is 14.4. The molecular weight excluding hydrogens is 224 g/mol. The molecule has 0 aliphatic heterocycles. The van der Waals surface area contributed by atoms with Crippen LogP contribution in [0.5, 0.6) is 0 Å². The smallest absolute Gasteiger partial charge is 0.245 e. The van der Waals surface area contributed by atoms with Gasteiger partial charge in [-0.1, -0.05) is 0 Å². The number of hydrogen-bond donors (Lipinski definition) is 2. The van der Waals surface area contributed by atoms with Crippen LogP contribution >= 0.6 is 0 Å². The Hall–Kier alpha value is -1.40. The van der Waals surface area contributed by atoms with E-state index in [1.54, 1.807) is 0 Å². The molecule has 0 saturated heterocycles. The van der Waals surface area contributed by atoms with Crippen LogP contribution in [0.2, 0.25) is 0 Å². The standard InChI is InChI=1S/C11H20N2O4/c1-9(6-10(7-14)17-3)13(8-15)5-4-11(16)12-2/h4-5,8-10,14H,6-7H2,1-3H3,(H,12,16)/b5-4-. The van der Waals surface area contributed by atoms with Gasteiger partial charge in [0.05, 0.1) is 12.7 Å². The number of methoxy groups -OCH3 is 1. The highest BCUT2D eigenvalue weighted by Crippen LogP contribution is 2.07. The molecule has 0 rings (SSSR count). The molecule has 0 aliphatic carbocycles. The van der Waals surface area contributed by atoms with Gasteiger partial charge in [-0.05, 0) is 13.3 Å². The number of carbonyl (C=O) groups is 2. The fourth-order valence-corrected chi connectivity index (χ4v) is 1.27. The minimum atomic E-state index is -0.319. The highest BCUT2D eigenvalue weighted by molar-refractivity contribution is 5.87. The van der Waals surface area contributed by atoms with Crippen LogP contribution < -0.4 is 5.32 Å². The maximum absolute atomic E-state index is 11.0. The van der Waals surface area contributed by atoms with Crippen molar-refractivity contribution in [3.05, 3.63) is 12.3 Å². The molecule has 17 heavy (non-hydrogen) atoms. The lowest BCUT2D eigenvalue weighted by Crippen LogP contribution is -2.33. The number of nitrogens with one attached hydrogen (secondary N) is 1. The molecule has 0 aromatic heterocycles. The van der Waals surface area contributed by atoms with Crippen molar-refractivity contribution in [3.63, 3.8) is 0 Å². The lowest BCUT2D eigenvalue weighted by molar-refractivity contribution is -0.118. The Labute approximate surface area is 101 Å². The van der Waals surface area contributed by atoms with Crippen LogP contribution in [0.1, 0.15) is 13.3 Å². The lowest BCUT2D eigenvalue weighted by Gasteiger charge is -2.24. The van der Waals surface area contributed by atoms with Crippen molar-refractivity contribution in [2.75, 3.05) is 20.8 Å². The van der Waals surface area contributed by atoms with Crippen LogP contribution in [0, 0.1) is 0 Å². The van der Waals surface area contributed by atoms with E-state index in [4.69, 9.17) is 9.84 Å². The molecule has 2 amide bonds. The van der Waals surface area contributed by atoms with E-state index in [1.807, 2.05) is 6.92 Å². The van der Waals surface area contributed by atoms with Gasteiger partial charge in [0.25, 0.3) is 0 Å². The van der Waals surface area contributed by atoms with Gasteiger partial charge in [-0.3, -0.25) is 9.59 Å². The molecule has 2 N–H and O–H groups in total. The zero-order valence-electron chi connectivity index (χ0n) is 10.4. The van der Waals surface area contributed by atoms with Crippen molar-refractivity contribution in [1.82, 2.24) is 10.2 Å². The summed E-state index contributed by atoms with van der Waals surface area (Å²) in [5.74, 6) is -0.283. The van der Waals surface area contributed by atoms with Gasteiger partial charge in [0, 0.05) is 32.5 Å². The molecule has 0 bridgehead atoms. The first-order valence-corrected chi connectivity index (χ1v) is 5.35. The first kappa shape index (κ1) is 15.6. The number of aliphatic hydroxyl groups excluding tert-OH is 1. The van der Waals surface area contributed by atoms with Gasteiger partial charge >= 0.3 is 0 Å². The van der Waals surface area contributed by atoms with E-state index >= 15 is 0 Å². The molecule has 0 saturated carbocycles. The van der Waals surface area contributed by atoms with Gasteiger partial charge in [-0.2, -0.15) is 0 Å². The first-order chi connectivity index (χ1) is 8.08. The molecule has 2 unspecified atom stereocenters. The average Bonchev–Trinajstić information content (AvgIpc) is 2.36. The summed E-state index contributed by atoms with van der Waals surface area (Å²) in [6.45, 7) is 1.71. The maximum Gasteiger partial charge on any atom is 0.245 e. The van der Waals surface area contributed by atoms with Crippen LogP contribution in [0.4, 0.5) is 0 Å². The van der Waals surface area contributed by atoms with Gasteiger partial charge in [0.1, 0.15) is 0 Å². The zero-order valence-corrected chi connectivity index (χ0v) is 10.4. The maximum atomic E-state index is 11.0. The summed E-state index contributed by atoms with van der Waals surface area (Å²) in [7, 11) is 3.01. The molecular formula is C11H20N2O4. The Morgan fingerprint density at radius 1 is 1.59 bits per heavy atom. The van der Waals surface area contributed by atoms with E-state index in [-0.39, 0.29) is 24.7 Å². The van der Waals surface area contributed by atoms with E-state index in [1.165, 1.54) is 31.3 Å². The lowest BCUT2D eigenvalue weighted by atomic mass is 10.1. The van der Waals surface area contributed by atoms with Gasteiger partial charge in [0.15, 0.2) is 0 Å². The summed E-state index contributed by atoms with van der Waals surface area (Å²) in [5.41, 5.74) is 0. The third-order valence-corrected chi connectivity index (χ3v) is 2.42. The Balaban J connectivity index is 4.39. The van der Waals surface area contributed by atoms with Crippen LogP contribution in [0.3, 0.4) is 0 Å². The van der Waals surface area contributed by atoms with E-state index in [0.717, 1.165) is 0 Å². The highest BCUT2D eigenvalue weighted by atomic mass is 16.5. The molecule has 0 fully saturated rings. The quantitative estimate of drug-likeness (QED) is 0.445. The molecule has 2 atom stereocenters. The predicted molar refractivity (Wildman–Crippen MR) is 63.1 cm³/mol. The fourth-order valence-electron chi connectivity index (χ4n) is 1.27. The molecule has 0 radical (unpaired) electrons. The number of amides is 2. The summed E-state index contributed by atoms with van der Waals surface area (Å²) in [5, 5.41) is 11.4. The van der Waals surface area contributed by atoms with Crippen molar-refractivity contribution in [3.8, 4) is 0 Å². The van der Waals surface area contributed by atoms with Crippen molar-refractivity contribution in [2.24, 2.45) is 0 Å². The summed E-state index contributed by atoms with van der Waals surface area (Å²) in [6.07, 6.45) is 3.48. The van der Waals surface area contributed by atoms with Gasteiger partial charge in [-0.15, -0.1) is 0 Å². The molecule has 0 heterocycles. The predicted octanol–water partition coefficient (Wildman–Crippen LogP) is -0.510. The van der Waals surface area contributed by atoms with Crippen molar-refractivity contribution < 1.29 is 19.4 Å². The topological polar surface area (TPSA) is 78.9 Å². The summed E-state index contributed by atoms with van der Waals surface area (Å²) < 4.78 is 5.02. The fraction of sp³-hybridized carbons (Fsp3) is 0.636. The number of carbonyl (C=O) groups excluding carboxylic acids is 2. The largest absolute Gasteiger partial charge is 0.394 e. The van der Waals surface area contributed by atoms with Crippen LogP contribution in [0.25, 0.3) is 0 Å². The van der Waals surface area contributed by atoms with Crippen LogP contribution in [-0.4, -0.2) is 55.2 Å². The van der Waals surface area contributed by atoms with E-state index in [0.29, 0.717) is 12.8 Å². The number of likely N-dealkylation sites (N-methyl/N-ethyl adjacent to an activating group) is 1. The third-order valence-electron chi connectivity index (χ3n) is 2.42. The van der Waals surface area contributed by atoms with E-state index in [2.05, 4.69) is 5.32 Å². The summed E-state index contributed by atoms with van der Waals surface area (Å²) >= 11 is 0. The molecule has 98 valence electrons. The summed E-state index contributed by atoms with van der Waals surface area (Å²) in [4.78, 5) is 23.2. The summed E-state index contributed by atoms with van der Waals surface area (Å²) in [6, 6.07) is -0.162. The minimum absolute atomic E-state index is 0.104. The number of rotatable bonds is 8. The second-order valence-corrected chi connectivity index (χ2v) is 3.61. The Bertz CT molecular complexity index is 264. The number of ether oxygens (including phenoxy) is 1. The van der Waals surface area contributed by atoms with E-state index in [9.17, 15) is 9.59 Å². The van der Waals surface area contributed by atoms with Crippen molar-refractivity contribution in [2.45, 2.75) is 25.5 Å². The number of hydrogen-bond acceptors (Lipinski definition) is 4. The van der Waals surface area contributed by atoms with Crippen LogP contribution in [0.15, 0.2) is 12.3 Å². The molecule has 6 nitrogen and oxygen atoms in total. The number of nitrogens with zero attached hydrogens (tertiary/aromatic N) is 1. The Morgan fingerprint density at radius 3 is 2.65 bits per heavy atom. The second-order valence-electron chi connectivity index (χ2n) is 3.61. The number of aliphatic hydroxyl groups is 1. The molecule has 0 aromatic rings. The highest BCUT2D eigenvalue weighted by Gasteiger charge is 2.15. The third kappa shape index (κ3) is 6.03. The molecule has 0 aliphatic rings. The van der Waals surface area contributed by atoms with Gasteiger partial charge < -0.3 is 20.1 Å². The second kappa shape index (κ2) is 8.72. The van der Waals surface area contributed by atoms with Crippen molar-refractivity contribution in [1.29, 1.82) is 0 Å². The van der Waals surface area contributed by atoms with Crippen LogP contribution in [-0.2, 0) is 14.3 Å². The van der Waals surface area contributed by atoms with Gasteiger partial charge in [-0.25, -0.2) is 0 Å². The first-order valence-electron chi connectivity index (χ1n) is 5.35. The van der Waals surface area contributed by atoms with Gasteiger partial charge in [0.2, 0.25) is 12.3 Å². The SMILES string of the molecule is CNC(=O)/C=C\N(C=O)C(C)CC(CO)OC. The average molecular weight is 244 g/mol. The Morgan fingerprint density at radius 2 is 2.24 bits per heavy atom. The Kier molecular flexibility index (Phi) is 8.00. The molecule has 6 heteroatoms. The minimum Gasteiger partial charge on any atom is -0.394 e. The molecule has 0 aromatic carbocycles. The van der Waals surface area contributed by atoms with E-state index < -0.39 is 0 Å². The monoisotopic (exact) mass is 244 g/mol.